The lowest BCUT2D eigenvalue weighted by molar-refractivity contribution is 0.255. The van der Waals surface area contributed by atoms with Gasteiger partial charge in [-0.2, -0.15) is 0 Å². The van der Waals surface area contributed by atoms with Gasteiger partial charge in [-0.3, -0.25) is 0 Å². The minimum Gasteiger partial charge on any atom is -0.418 e. The molecule has 6 heteroatoms. The van der Waals surface area contributed by atoms with Gasteiger partial charge in [0.05, 0.1) is 0 Å². The molecular formula is C17H32O3Si3. The van der Waals surface area contributed by atoms with Crippen LogP contribution in [0.15, 0.2) is 34.7 Å². The van der Waals surface area contributed by atoms with Gasteiger partial charge in [-0.15, -0.1) is 0 Å². The van der Waals surface area contributed by atoms with E-state index in [-0.39, 0.29) is 0 Å². The van der Waals surface area contributed by atoms with Gasteiger partial charge in [-0.25, -0.2) is 0 Å². The summed E-state index contributed by atoms with van der Waals surface area (Å²) in [6.07, 6.45) is 8.44. The zero-order valence-corrected chi connectivity index (χ0v) is 18.9. The molecule has 0 amide bonds. The first kappa shape index (κ1) is 19.1. The maximum atomic E-state index is 11.0. The second-order valence-electron chi connectivity index (χ2n) is 7.48. The molecule has 1 fully saturated rings. The molecule has 1 N–H and O–H groups in total. The van der Waals surface area contributed by atoms with Crippen LogP contribution < -0.4 is 0 Å². The van der Waals surface area contributed by atoms with Gasteiger partial charge in [0.25, 0.3) is 0 Å². The molecule has 130 valence electrons. The van der Waals surface area contributed by atoms with E-state index in [1.54, 1.807) is 0 Å². The third kappa shape index (κ3) is 6.28. The Morgan fingerprint density at radius 2 is 1.70 bits per heavy atom. The highest BCUT2D eigenvalue weighted by atomic mass is 28.4. The van der Waals surface area contributed by atoms with Crippen molar-refractivity contribution < 1.29 is 13.0 Å². The summed E-state index contributed by atoms with van der Waals surface area (Å²) in [6.45, 7) is 8.32. The van der Waals surface area contributed by atoms with E-state index in [1.165, 1.54) is 24.0 Å². The number of rotatable bonds is 9. The fourth-order valence-electron chi connectivity index (χ4n) is 3.46. The predicted molar refractivity (Wildman–Crippen MR) is 104 cm³/mol. The van der Waals surface area contributed by atoms with Gasteiger partial charge in [0, 0.05) is 6.04 Å². The summed E-state index contributed by atoms with van der Waals surface area (Å²) >= 11 is 0. The number of allylic oxidation sites excluding steroid dienone is 4. The Balaban J connectivity index is 1.87. The molecule has 2 rings (SSSR count). The zero-order chi connectivity index (χ0) is 16.9. The molecule has 0 spiro atoms. The van der Waals surface area contributed by atoms with Gasteiger partial charge >= 0.3 is 8.80 Å². The third-order valence-corrected chi connectivity index (χ3v) is 12.7. The second kappa shape index (κ2) is 8.73. The summed E-state index contributed by atoms with van der Waals surface area (Å²) in [5, 5.41) is 0. The molecule has 3 atom stereocenters. The molecule has 2 aliphatic carbocycles. The zero-order valence-electron chi connectivity index (χ0n) is 15.0. The normalized spacial score (nSPS) is 28.8. The first-order valence-electron chi connectivity index (χ1n) is 8.83. The molecular weight excluding hydrogens is 336 g/mol. The van der Waals surface area contributed by atoms with Crippen LogP contribution in [0.3, 0.4) is 0 Å². The highest BCUT2D eigenvalue weighted by molar-refractivity contribution is 6.70. The highest BCUT2D eigenvalue weighted by Gasteiger charge is 2.40. The fourth-order valence-corrected chi connectivity index (χ4v) is 9.85. The topological polar surface area (TPSA) is 38.7 Å². The maximum absolute atomic E-state index is 11.0. The Bertz CT molecular complexity index is 457. The van der Waals surface area contributed by atoms with Gasteiger partial charge in [0.2, 0.25) is 0 Å². The van der Waals surface area contributed by atoms with Crippen molar-refractivity contribution in [3.63, 3.8) is 0 Å². The second-order valence-corrected chi connectivity index (χ2v) is 13.2. The lowest BCUT2D eigenvalue weighted by Gasteiger charge is -2.27. The van der Waals surface area contributed by atoms with Crippen LogP contribution in [0.5, 0.6) is 0 Å². The SMILES string of the molecule is CC(C)=C[SiH2]O[Si](O)(CCC1CC2C=CC1C2)O[SiH2]C=C(C)C. The molecule has 2 aliphatic rings. The average molecular weight is 369 g/mol. The Hall–Kier alpha value is -0.249. The minimum absolute atomic E-state index is 0.728. The van der Waals surface area contributed by atoms with Crippen molar-refractivity contribution in [2.45, 2.75) is 53.0 Å². The third-order valence-electron chi connectivity index (χ3n) is 4.85. The van der Waals surface area contributed by atoms with E-state index in [9.17, 15) is 4.80 Å². The molecule has 23 heavy (non-hydrogen) atoms. The van der Waals surface area contributed by atoms with Crippen LogP contribution in [0.2, 0.25) is 6.04 Å². The fraction of sp³-hybridized carbons (Fsp3) is 0.647. The van der Waals surface area contributed by atoms with E-state index < -0.39 is 28.3 Å². The Labute approximate surface area is 147 Å². The highest BCUT2D eigenvalue weighted by Crippen LogP contribution is 2.45. The maximum Gasteiger partial charge on any atom is 0.476 e. The van der Waals surface area contributed by atoms with Crippen LogP contribution >= 0.6 is 0 Å². The minimum atomic E-state index is -2.97. The van der Waals surface area contributed by atoms with Crippen LogP contribution in [-0.2, 0) is 8.23 Å². The molecule has 0 radical (unpaired) electrons. The summed E-state index contributed by atoms with van der Waals surface area (Å²) in [5.41, 5.74) is 6.86. The van der Waals surface area contributed by atoms with E-state index in [1.807, 2.05) is 0 Å². The summed E-state index contributed by atoms with van der Waals surface area (Å²) in [7, 11) is -4.62. The number of hydrogen-bond donors (Lipinski definition) is 1. The van der Waals surface area contributed by atoms with Crippen molar-refractivity contribution in [2.75, 3.05) is 0 Å². The molecule has 0 aromatic heterocycles. The van der Waals surface area contributed by atoms with Crippen LogP contribution in [0, 0.1) is 17.8 Å². The first-order chi connectivity index (χ1) is 10.9. The van der Waals surface area contributed by atoms with Gasteiger partial charge in [-0.05, 0) is 64.7 Å². The van der Waals surface area contributed by atoms with Crippen LogP contribution in [0.1, 0.15) is 47.0 Å². The van der Waals surface area contributed by atoms with Gasteiger partial charge < -0.3 is 13.0 Å². The molecule has 0 aromatic rings. The van der Waals surface area contributed by atoms with E-state index in [2.05, 4.69) is 51.2 Å². The van der Waals surface area contributed by atoms with Crippen LogP contribution in [-0.4, -0.2) is 33.1 Å². The summed E-state index contributed by atoms with van der Waals surface area (Å²) in [5.74, 6) is 2.26. The van der Waals surface area contributed by atoms with Crippen molar-refractivity contribution in [2.24, 2.45) is 17.8 Å². The molecule has 0 heterocycles. The van der Waals surface area contributed by atoms with E-state index in [0.717, 1.165) is 30.2 Å². The smallest absolute Gasteiger partial charge is 0.418 e. The number of hydrogen-bond acceptors (Lipinski definition) is 3. The van der Waals surface area contributed by atoms with E-state index in [0.29, 0.717) is 0 Å². The predicted octanol–water partition coefficient (Wildman–Crippen LogP) is 2.57. The standard InChI is InChI=1S/C17H32O3Si3/c1-13(2)11-21-19-23(18,20-22-12-14(3)4)8-7-17-10-15-5-6-16(17)9-15/h5-6,11-12,15-18H,7-10,21-22H2,1-4H3. The van der Waals surface area contributed by atoms with Gasteiger partial charge in [0.15, 0.2) is 19.5 Å². The van der Waals surface area contributed by atoms with Crippen molar-refractivity contribution >= 4 is 28.3 Å². The van der Waals surface area contributed by atoms with Gasteiger partial charge in [0.1, 0.15) is 0 Å². The first-order valence-corrected chi connectivity index (χ1v) is 13.6. The molecule has 0 saturated heterocycles. The molecule has 1 saturated carbocycles. The largest absolute Gasteiger partial charge is 0.476 e. The van der Waals surface area contributed by atoms with Crippen LogP contribution in [0.4, 0.5) is 0 Å². The number of fused-ring (bicyclic) bond motifs is 2. The molecule has 0 aliphatic heterocycles. The monoisotopic (exact) mass is 368 g/mol. The Kier molecular flexibility index (Phi) is 7.24. The molecule has 3 unspecified atom stereocenters. The molecule has 0 aromatic carbocycles. The van der Waals surface area contributed by atoms with E-state index >= 15 is 0 Å². The van der Waals surface area contributed by atoms with E-state index in [4.69, 9.17) is 8.23 Å². The summed E-state index contributed by atoms with van der Waals surface area (Å²) in [6, 6.07) is 0.738. The van der Waals surface area contributed by atoms with Gasteiger partial charge in [-0.1, -0.05) is 34.7 Å². The van der Waals surface area contributed by atoms with Crippen molar-refractivity contribution in [3.05, 3.63) is 34.7 Å². The molecule has 3 nitrogen and oxygen atoms in total. The average Bonchev–Trinajstić information content (AvgIpc) is 3.07. The van der Waals surface area contributed by atoms with Crippen molar-refractivity contribution in [3.8, 4) is 0 Å². The van der Waals surface area contributed by atoms with Crippen molar-refractivity contribution in [1.29, 1.82) is 0 Å². The Morgan fingerprint density at radius 3 is 2.13 bits per heavy atom. The Morgan fingerprint density at radius 1 is 1.09 bits per heavy atom. The van der Waals surface area contributed by atoms with Crippen LogP contribution in [0.25, 0.3) is 0 Å². The lowest BCUT2D eigenvalue weighted by atomic mass is 9.91. The van der Waals surface area contributed by atoms with Crippen molar-refractivity contribution in [1.82, 2.24) is 0 Å². The quantitative estimate of drug-likeness (QED) is 0.502. The lowest BCUT2D eigenvalue weighted by Crippen LogP contribution is -2.44. The molecule has 2 bridgehead atoms. The summed E-state index contributed by atoms with van der Waals surface area (Å²) < 4.78 is 12.0. The summed E-state index contributed by atoms with van der Waals surface area (Å²) in [4.78, 5) is 11.0.